The van der Waals surface area contributed by atoms with Gasteiger partial charge >= 0.3 is 0 Å². The Morgan fingerprint density at radius 2 is 2.00 bits per heavy atom. The summed E-state index contributed by atoms with van der Waals surface area (Å²) in [5, 5.41) is 2.98. The van der Waals surface area contributed by atoms with Crippen LogP contribution < -0.4 is 14.8 Å². The van der Waals surface area contributed by atoms with Crippen molar-refractivity contribution in [1.82, 2.24) is 9.88 Å². The number of aromatic nitrogens is 1. The predicted molar refractivity (Wildman–Crippen MR) is 98.8 cm³/mol. The van der Waals surface area contributed by atoms with Gasteiger partial charge in [-0.1, -0.05) is 6.07 Å². The van der Waals surface area contributed by atoms with Gasteiger partial charge in [-0.2, -0.15) is 0 Å². The minimum atomic E-state index is 0.0403. The molecule has 0 bridgehead atoms. The number of likely N-dealkylation sites (tertiary alicyclic amines) is 1. The number of anilines is 1. The van der Waals surface area contributed by atoms with Crippen LogP contribution in [0.1, 0.15) is 41.2 Å². The average molecular weight is 353 g/mol. The number of nitrogens with one attached hydrogen (secondary N) is 1. The number of nitrogens with zero attached hydrogens (tertiary/aromatic N) is 2. The lowest BCUT2D eigenvalue weighted by Crippen LogP contribution is -2.30. The standard InChI is InChI=1S/C20H23N3O3/c1-21-19-13-15(7-8-22-19)20(24)23-9-2-4-16(23)14-5-6-17-18(12-14)26-11-3-10-25-17/h5-8,12-13,16H,2-4,9-11H2,1H3,(H,21,22)/t16-/m1/s1. The molecule has 1 aromatic carbocycles. The van der Waals surface area contributed by atoms with Crippen LogP contribution in [-0.2, 0) is 0 Å². The molecule has 6 heteroatoms. The summed E-state index contributed by atoms with van der Waals surface area (Å²) in [6, 6.07) is 9.67. The Labute approximate surface area is 153 Å². The van der Waals surface area contributed by atoms with Crippen LogP contribution in [0.15, 0.2) is 36.5 Å². The molecule has 0 spiro atoms. The number of carbonyl (C=O) groups excluding carboxylic acids is 1. The first-order valence-corrected chi connectivity index (χ1v) is 9.10. The van der Waals surface area contributed by atoms with Crippen molar-refractivity contribution in [2.45, 2.75) is 25.3 Å². The van der Waals surface area contributed by atoms with Gasteiger partial charge in [-0.25, -0.2) is 4.98 Å². The van der Waals surface area contributed by atoms with Gasteiger partial charge in [0.25, 0.3) is 5.91 Å². The molecule has 2 aliphatic rings. The summed E-state index contributed by atoms with van der Waals surface area (Å²) in [6.45, 7) is 2.10. The van der Waals surface area contributed by atoms with Crippen molar-refractivity contribution in [3.8, 4) is 11.5 Å². The second-order valence-corrected chi connectivity index (χ2v) is 6.59. The molecule has 0 saturated carbocycles. The fourth-order valence-electron chi connectivity index (χ4n) is 3.61. The minimum Gasteiger partial charge on any atom is -0.490 e. The molecule has 2 aromatic rings. The molecule has 1 fully saturated rings. The van der Waals surface area contributed by atoms with Crippen molar-refractivity contribution in [2.24, 2.45) is 0 Å². The van der Waals surface area contributed by atoms with Gasteiger partial charge in [-0.3, -0.25) is 4.79 Å². The molecule has 26 heavy (non-hydrogen) atoms. The molecule has 3 heterocycles. The normalized spacial score (nSPS) is 19.1. The summed E-state index contributed by atoms with van der Waals surface area (Å²) in [4.78, 5) is 19.2. The zero-order valence-corrected chi connectivity index (χ0v) is 14.9. The topological polar surface area (TPSA) is 63.7 Å². The van der Waals surface area contributed by atoms with Crippen LogP contribution in [0, 0.1) is 0 Å². The Bertz CT molecular complexity index is 809. The van der Waals surface area contributed by atoms with Gasteiger partial charge < -0.3 is 19.7 Å². The van der Waals surface area contributed by atoms with Crippen LogP contribution in [0.3, 0.4) is 0 Å². The molecule has 0 aliphatic carbocycles. The van der Waals surface area contributed by atoms with Gasteiger partial charge in [0.1, 0.15) is 5.82 Å². The maximum Gasteiger partial charge on any atom is 0.254 e. The van der Waals surface area contributed by atoms with E-state index in [-0.39, 0.29) is 11.9 Å². The van der Waals surface area contributed by atoms with Gasteiger partial charge in [0.05, 0.1) is 19.3 Å². The van der Waals surface area contributed by atoms with Crippen LogP contribution in [0.4, 0.5) is 5.82 Å². The third kappa shape index (κ3) is 3.19. The molecule has 4 rings (SSSR count). The fraction of sp³-hybridized carbons (Fsp3) is 0.400. The zero-order valence-electron chi connectivity index (χ0n) is 14.9. The number of amides is 1. The highest BCUT2D eigenvalue weighted by atomic mass is 16.5. The summed E-state index contributed by atoms with van der Waals surface area (Å²) >= 11 is 0. The lowest BCUT2D eigenvalue weighted by Gasteiger charge is -2.26. The third-order valence-electron chi connectivity index (χ3n) is 4.93. The number of hydrogen-bond acceptors (Lipinski definition) is 5. The van der Waals surface area contributed by atoms with E-state index in [1.165, 1.54) is 0 Å². The Morgan fingerprint density at radius 3 is 2.85 bits per heavy atom. The van der Waals surface area contributed by atoms with Crippen molar-refractivity contribution < 1.29 is 14.3 Å². The molecule has 1 saturated heterocycles. The first-order chi connectivity index (χ1) is 12.8. The largest absolute Gasteiger partial charge is 0.490 e. The highest BCUT2D eigenvalue weighted by Gasteiger charge is 2.31. The van der Waals surface area contributed by atoms with Crippen LogP contribution in [0.2, 0.25) is 0 Å². The van der Waals surface area contributed by atoms with E-state index in [0.29, 0.717) is 24.6 Å². The number of hydrogen-bond donors (Lipinski definition) is 1. The molecule has 1 atom stereocenters. The van der Waals surface area contributed by atoms with Gasteiger partial charge in [0.2, 0.25) is 0 Å². The predicted octanol–water partition coefficient (Wildman–Crippen LogP) is 3.26. The second kappa shape index (κ2) is 7.23. The first kappa shape index (κ1) is 16.7. The van der Waals surface area contributed by atoms with Gasteiger partial charge in [0, 0.05) is 31.8 Å². The van der Waals surface area contributed by atoms with Gasteiger partial charge in [0.15, 0.2) is 11.5 Å². The number of rotatable bonds is 3. The highest BCUT2D eigenvalue weighted by molar-refractivity contribution is 5.95. The summed E-state index contributed by atoms with van der Waals surface area (Å²) in [5.74, 6) is 2.30. The summed E-state index contributed by atoms with van der Waals surface area (Å²) in [5.41, 5.74) is 1.76. The molecule has 0 radical (unpaired) electrons. The Balaban J connectivity index is 1.60. The van der Waals surface area contributed by atoms with Crippen molar-refractivity contribution in [3.05, 3.63) is 47.7 Å². The molecule has 136 valence electrons. The van der Waals surface area contributed by atoms with Crippen molar-refractivity contribution in [3.63, 3.8) is 0 Å². The Morgan fingerprint density at radius 1 is 1.15 bits per heavy atom. The molecular formula is C20H23N3O3. The van der Waals surface area contributed by atoms with E-state index in [4.69, 9.17) is 9.47 Å². The number of carbonyl (C=O) groups is 1. The van der Waals surface area contributed by atoms with E-state index in [9.17, 15) is 4.79 Å². The summed E-state index contributed by atoms with van der Waals surface area (Å²) in [6.07, 6.45) is 4.50. The summed E-state index contributed by atoms with van der Waals surface area (Å²) in [7, 11) is 1.80. The van der Waals surface area contributed by atoms with Crippen LogP contribution in [0.5, 0.6) is 11.5 Å². The maximum absolute atomic E-state index is 13.1. The van der Waals surface area contributed by atoms with E-state index in [1.54, 1.807) is 25.4 Å². The first-order valence-electron chi connectivity index (χ1n) is 9.10. The molecule has 1 N–H and O–H groups in total. The van der Waals surface area contributed by atoms with Crippen LogP contribution >= 0.6 is 0 Å². The van der Waals surface area contributed by atoms with Crippen LogP contribution in [-0.4, -0.2) is 42.6 Å². The van der Waals surface area contributed by atoms with Gasteiger partial charge in [-0.05, 0) is 42.7 Å². The second-order valence-electron chi connectivity index (χ2n) is 6.59. The van der Waals surface area contributed by atoms with E-state index in [2.05, 4.69) is 16.4 Å². The Hall–Kier alpha value is -2.76. The number of benzene rings is 1. The molecule has 6 nitrogen and oxygen atoms in total. The SMILES string of the molecule is CNc1cc(C(=O)N2CCC[C@@H]2c2ccc3c(c2)OCCCO3)ccn1. The monoisotopic (exact) mass is 353 g/mol. The smallest absolute Gasteiger partial charge is 0.254 e. The van der Waals surface area contributed by atoms with Crippen molar-refractivity contribution in [2.75, 3.05) is 32.1 Å². The van der Waals surface area contributed by atoms with Gasteiger partial charge in [-0.15, -0.1) is 0 Å². The number of pyridine rings is 1. The lowest BCUT2D eigenvalue weighted by molar-refractivity contribution is 0.0735. The zero-order chi connectivity index (χ0) is 17.9. The highest BCUT2D eigenvalue weighted by Crippen LogP contribution is 2.38. The molecule has 0 unspecified atom stereocenters. The summed E-state index contributed by atoms with van der Waals surface area (Å²) < 4.78 is 11.5. The lowest BCUT2D eigenvalue weighted by atomic mass is 10.0. The third-order valence-corrected chi connectivity index (χ3v) is 4.93. The van der Waals surface area contributed by atoms with Crippen molar-refractivity contribution >= 4 is 11.7 Å². The number of ether oxygens (including phenoxy) is 2. The molecular weight excluding hydrogens is 330 g/mol. The van der Waals surface area contributed by atoms with Crippen LogP contribution in [0.25, 0.3) is 0 Å². The maximum atomic E-state index is 13.1. The molecule has 1 amide bonds. The van der Waals surface area contributed by atoms with E-state index in [0.717, 1.165) is 42.9 Å². The van der Waals surface area contributed by atoms with Crippen molar-refractivity contribution in [1.29, 1.82) is 0 Å². The minimum absolute atomic E-state index is 0.0403. The van der Waals surface area contributed by atoms with E-state index >= 15 is 0 Å². The molecule has 1 aromatic heterocycles. The Kier molecular flexibility index (Phi) is 4.65. The fourth-order valence-corrected chi connectivity index (χ4v) is 3.61. The number of fused-ring (bicyclic) bond motifs is 1. The van der Waals surface area contributed by atoms with E-state index in [1.807, 2.05) is 17.0 Å². The quantitative estimate of drug-likeness (QED) is 0.918. The molecule has 2 aliphatic heterocycles. The average Bonchev–Trinajstić information content (AvgIpc) is 3.06. The van der Waals surface area contributed by atoms with E-state index < -0.39 is 0 Å².